The average molecular weight is 408 g/mol. The maximum absolute atomic E-state index is 12.2. The third kappa shape index (κ3) is 5.86. The number of aromatic amines is 1. The zero-order valence-electron chi connectivity index (χ0n) is 16.1. The number of H-pyrrole nitrogens is 1. The number of thioether (sulfide) groups is 1. The number of nitrogens with one attached hydrogen (secondary N) is 2. The van der Waals surface area contributed by atoms with Crippen LogP contribution in [0.5, 0.6) is 0 Å². The number of Topliss-reactive ketones (excluding diaryl/α,β-unsaturated/α-hetero) is 1. The molecule has 2 aromatic carbocycles. The Morgan fingerprint density at radius 2 is 1.86 bits per heavy atom. The fraction of sp³-hybridized carbons (Fsp3) is 0.190. The van der Waals surface area contributed by atoms with Crippen LogP contribution in [0.4, 0.5) is 5.69 Å². The molecule has 3 aromatic rings. The van der Waals surface area contributed by atoms with Crippen molar-refractivity contribution in [1.29, 1.82) is 0 Å². The van der Waals surface area contributed by atoms with Crippen molar-refractivity contribution in [3.8, 4) is 0 Å². The van der Waals surface area contributed by atoms with Crippen LogP contribution < -0.4 is 10.9 Å². The van der Waals surface area contributed by atoms with Crippen molar-refractivity contribution in [1.82, 2.24) is 15.2 Å². The van der Waals surface area contributed by atoms with Gasteiger partial charge in [0.1, 0.15) is 5.69 Å². The summed E-state index contributed by atoms with van der Waals surface area (Å²) in [7, 11) is 0. The number of aromatic nitrogens is 3. The van der Waals surface area contributed by atoms with Gasteiger partial charge in [-0.25, -0.2) is 0 Å². The lowest BCUT2D eigenvalue weighted by molar-refractivity contribution is -0.113. The van der Waals surface area contributed by atoms with E-state index in [1.807, 2.05) is 31.2 Å². The Bertz CT molecular complexity index is 1090. The molecule has 148 valence electrons. The first-order valence-corrected chi connectivity index (χ1v) is 9.94. The average Bonchev–Trinajstić information content (AvgIpc) is 2.70. The molecule has 0 saturated heterocycles. The summed E-state index contributed by atoms with van der Waals surface area (Å²) in [5.41, 5.74) is 3.18. The highest BCUT2D eigenvalue weighted by molar-refractivity contribution is 7.99. The molecule has 0 spiro atoms. The van der Waals surface area contributed by atoms with E-state index in [0.29, 0.717) is 23.4 Å². The van der Waals surface area contributed by atoms with Gasteiger partial charge in [-0.1, -0.05) is 53.7 Å². The summed E-state index contributed by atoms with van der Waals surface area (Å²) in [5, 5.41) is 11.0. The Kier molecular flexibility index (Phi) is 6.56. The van der Waals surface area contributed by atoms with Crippen molar-refractivity contribution in [3.05, 3.63) is 81.3 Å². The molecule has 29 heavy (non-hydrogen) atoms. The van der Waals surface area contributed by atoms with E-state index in [9.17, 15) is 14.4 Å². The first-order chi connectivity index (χ1) is 13.9. The maximum atomic E-state index is 12.2. The molecular formula is C21H20N4O3S. The minimum atomic E-state index is -0.322. The molecular weight excluding hydrogens is 388 g/mol. The molecule has 2 N–H and O–H groups in total. The fourth-order valence-electron chi connectivity index (χ4n) is 2.57. The van der Waals surface area contributed by atoms with Crippen molar-refractivity contribution < 1.29 is 9.59 Å². The molecule has 1 aromatic heterocycles. The van der Waals surface area contributed by atoms with E-state index >= 15 is 0 Å². The van der Waals surface area contributed by atoms with Crippen molar-refractivity contribution in [3.63, 3.8) is 0 Å². The van der Waals surface area contributed by atoms with Gasteiger partial charge in [0, 0.05) is 17.7 Å². The number of carbonyl (C=O) groups excluding carboxylic acids is 2. The van der Waals surface area contributed by atoms with Gasteiger partial charge in [-0.05, 0) is 31.5 Å². The second-order valence-corrected chi connectivity index (χ2v) is 7.51. The highest BCUT2D eigenvalue weighted by atomic mass is 32.2. The number of hydrogen-bond acceptors (Lipinski definition) is 6. The molecule has 0 unspecified atom stereocenters. The molecule has 3 rings (SSSR count). The summed E-state index contributed by atoms with van der Waals surface area (Å²) >= 11 is 1.08. The molecule has 0 fully saturated rings. The molecule has 0 atom stereocenters. The van der Waals surface area contributed by atoms with E-state index in [0.717, 1.165) is 22.9 Å². The van der Waals surface area contributed by atoms with Crippen LogP contribution in [0.2, 0.25) is 0 Å². The lowest BCUT2D eigenvalue weighted by Crippen LogP contribution is -2.19. The number of carbonyl (C=O) groups is 2. The summed E-state index contributed by atoms with van der Waals surface area (Å²) in [6, 6.07) is 14.6. The zero-order chi connectivity index (χ0) is 20.8. The van der Waals surface area contributed by atoms with Gasteiger partial charge in [0.05, 0.1) is 5.75 Å². The highest BCUT2D eigenvalue weighted by Gasteiger charge is 2.10. The van der Waals surface area contributed by atoms with E-state index in [1.165, 1.54) is 6.92 Å². The van der Waals surface area contributed by atoms with Gasteiger partial charge in [-0.3, -0.25) is 19.4 Å². The highest BCUT2D eigenvalue weighted by Crippen LogP contribution is 2.14. The van der Waals surface area contributed by atoms with E-state index in [4.69, 9.17) is 0 Å². The molecule has 0 aliphatic carbocycles. The van der Waals surface area contributed by atoms with Crippen molar-refractivity contribution in [2.45, 2.75) is 25.4 Å². The zero-order valence-corrected chi connectivity index (χ0v) is 16.9. The van der Waals surface area contributed by atoms with Gasteiger partial charge in [0.25, 0.3) is 5.56 Å². The van der Waals surface area contributed by atoms with Crippen LogP contribution in [0.15, 0.2) is 58.5 Å². The maximum Gasteiger partial charge on any atom is 0.273 e. The molecule has 0 aliphatic rings. The van der Waals surface area contributed by atoms with Crippen molar-refractivity contribution >= 4 is 29.1 Å². The van der Waals surface area contributed by atoms with Gasteiger partial charge in [-0.2, -0.15) is 0 Å². The summed E-state index contributed by atoms with van der Waals surface area (Å²) < 4.78 is 0. The number of hydrogen-bond donors (Lipinski definition) is 2. The van der Waals surface area contributed by atoms with Crippen LogP contribution in [-0.4, -0.2) is 32.6 Å². The Labute approximate surface area is 172 Å². The standard InChI is InChI=1S/C21H20N4O3S/c1-13-6-8-15(9-7-13)10-18-20(28)23-21(25-24-18)29-12-19(27)22-17-5-3-4-16(11-17)14(2)26/h3-9,11H,10,12H2,1-2H3,(H,22,27)(H,23,25,28). The Hall–Kier alpha value is -3.26. The molecule has 0 radical (unpaired) electrons. The second kappa shape index (κ2) is 9.29. The van der Waals surface area contributed by atoms with Crippen LogP contribution in [0, 0.1) is 6.92 Å². The molecule has 0 aliphatic heterocycles. The molecule has 1 heterocycles. The topological polar surface area (TPSA) is 105 Å². The summed E-state index contributed by atoms with van der Waals surface area (Å²) in [5.74, 6) is -0.303. The smallest absolute Gasteiger partial charge is 0.273 e. The molecule has 1 amide bonds. The van der Waals surface area contributed by atoms with Gasteiger partial charge in [0.15, 0.2) is 10.9 Å². The number of aryl methyl sites for hydroxylation is 1. The lowest BCUT2D eigenvalue weighted by atomic mass is 10.1. The summed E-state index contributed by atoms with van der Waals surface area (Å²) in [6.07, 6.45) is 0.389. The monoisotopic (exact) mass is 408 g/mol. The van der Waals surface area contributed by atoms with Crippen LogP contribution in [0.25, 0.3) is 0 Å². The fourth-order valence-corrected chi connectivity index (χ4v) is 3.18. The Morgan fingerprint density at radius 3 is 2.55 bits per heavy atom. The number of benzene rings is 2. The Morgan fingerprint density at radius 1 is 1.10 bits per heavy atom. The predicted molar refractivity (Wildman–Crippen MR) is 112 cm³/mol. The first kappa shape index (κ1) is 20.5. The predicted octanol–water partition coefficient (Wildman–Crippen LogP) is 3.00. The van der Waals surface area contributed by atoms with Crippen LogP contribution >= 0.6 is 11.8 Å². The summed E-state index contributed by atoms with van der Waals surface area (Å²) in [6.45, 7) is 3.47. The van der Waals surface area contributed by atoms with Crippen molar-refractivity contribution in [2.75, 3.05) is 11.1 Å². The number of rotatable bonds is 7. The third-order valence-electron chi connectivity index (χ3n) is 4.13. The van der Waals surface area contributed by atoms with Gasteiger partial charge in [0.2, 0.25) is 5.91 Å². The van der Waals surface area contributed by atoms with E-state index < -0.39 is 0 Å². The quantitative estimate of drug-likeness (QED) is 0.460. The van der Waals surface area contributed by atoms with E-state index in [2.05, 4.69) is 20.5 Å². The molecule has 8 heteroatoms. The van der Waals surface area contributed by atoms with E-state index in [1.54, 1.807) is 24.3 Å². The SMILES string of the molecule is CC(=O)c1cccc(NC(=O)CSc2nnc(Cc3ccc(C)cc3)c(=O)[nH]2)c1. The number of amides is 1. The van der Waals surface area contributed by atoms with Gasteiger partial charge >= 0.3 is 0 Å². The summed E-state index contributed by atoms with van der Waals surface area (Å²) in [4.78, 5) is 38.5. The third-order valence-corrected chi connectivity index (χ3v) is 4.99. The Balaban J connectivity index is 1.58. The minimum absolute atomic E-state index is 0.0478. The second-order valence-electron chi connectivity index (χ2n) is 6.54. The van der Waals surface area contributed by atoms with Crippen molar-refractivity contribution in [2.24, 2.45) is 0 Å². The van der Waals surface area contributed by atoms with Crippen LogP contribution in [-0.2, 0) is 11.2 Å². The molecule has 0 bridgehead atoms. The number of nitrogens with zero attached hydrogens (tertiary/aromatic N) is 2. The molecule has 7 nitrogen and oxygen atoms in total. The van der Waals surface area contributed by atoms with E-state index in [-0.39, 0.29) is 28.2 Å². The lowest BCUT2D eigenvalue weighted by Gasteiger charge is -2.06. The van der Waals surface area contributed by atoms with Gasteiger partial charge < -0.3 is 5.32 Å². The largest absolute Gasteiger partial charge is 0.325 e. The normalized spacial score (nSPS) is 10.6. The first-order valence-electron chi connectivity index (χ1n) is 8.96. The number of ketones is 1. The van der Waals surface area contributed by atoms with Gasteiger partial charge in [-0.15, -0.1) is 10.2 Å². The van der Waals surface area contributed by atoms with Crippen LogP contribution in [0.3, 0.4) is 0 Å². The minimum Gasteiger partial charge on any atom is -0.325 e. The number of anilines is 1. The molecule has 0 saturated carbocycles. The van der Waals surface area contributed by atoms with Crippen LogP contribution in [0.1, 0.15) is 34.1 Å².